The molecule has 2 fully saturated rings. The topological polar surface area (TPSA) is 12.0 Å². The Morgan fingerprint density at radius 1 is 1.46 bits per heavy atom. The molecule has 0 aromatic heterocycles. The SMILES string of the molecule is CC(C)[C@H]1CS[C]2[CH][CH][CH][C]2CN1. The van der Waals surface area contributed by atoms with E-state index in [1.54, 1.807) is 0 Å². The molecule has 0 aromatic carbocycles. The Labute approximate surface area is 86.0 Å². The van der Waals surface area contributed by atoms with Gasteiger partial charge in [-0.15, -0.1) is 0 Å². The average Bonchev–Trinajstić information content (AvgIpc) is 2.44. The van der Waals surface area contributed by atoms with Crippen LogP contribution in [0.4, 0.5) is 0 Å². The van der Waals surface area contributed by atoms with E-state index >= 15 is 0 Å². The number of fused-ring (bicyclic) bond motifs is 1. The van der Waals surface area contributed by atoms with Crippen LogP contribution in [0.5, 0.6) is 0 Å². The van der Waals surface area contributed by atoms with Crippen molar-refractivity contribution in [3.05, 3.63) is 30.4 Å². The van der Waals surface area contributed by atoms with Gasteiger partial charge in [0.2, 0.25) is 0 Å². The quantitative estimate of drug-likeness (QED) is 0.686. The normalized spacial score (nSPS) is 32.1. The van der Waals surface area contributed by atoms with Crippen LogP contribution < -0.4 is 5.32 Å². The maximum Gasteiger partial charge on any atom is 0.0428 e. The lowest BCUT2D eigenvalue weighted by Crippen LogP contribution is -2.36. The molecule has 0 amide bonds. The Hall–Kier alpha value is 0.310. The Morgan fingerprint density at radius 2 is 2.31 bits per heavy atom. The van der Waals surface area contributed by atoms with Gasteiger partial charge in [0.15, 0.2) is 0 Å². The van der Waals surface area contributed by atoms with Gasteiger partial charge in [-0.2, -0.15) is 11.8 Å². The Morgan fingerprint density at radius 3 is 3.08 bits per heavy atom. The maximum atomic E-state index is 3.60. The molecule has 1 N–H and O–H groups in total. The van der Waals surface area contributed by atoms with Crippen LogP contribution in [0.3, 0.4) is 0 Å². The van der Waals surface area contributed by atoms with Gasteiger partial charge in [-0.05, 0) is 25.2 Å². The summed E-state index contributed by atoms with van der Waals surface area (Å²) in [5.41, 5.74) is 0. The lowest BCUT2D eigenvalue weighted by atomic mass is 10.0. The fraction of sp³-hybridized carbons (Fsp3) is 0.545. The van der Waals surface area contributed by atoms with E-state index in [1.807, 2.05) is 11.8 Å². The molecule has 5 radical (unpaired) electrons. The predicted octanol–water partition coefficient (Wildman–Crippen LogP) is 2.08. The predicted molar refractivity (Wildman–Crippen MR) is 58.5 cm³/mol. The summed E-state index contributed by atoms with van der Waals surface area (Å²) >= 11 is 1.99. The van der Waals surface area contributed by atoms with E-state index in [2.05, 4.69) is 38.4 Å². The highest BCUT2D eigenvalue weighted by Crippen LogP contribution is 2.43. The van der Waals surface area contributed by atoms with Gasteiger partial charge in [-0.1, -0.05) is 13.8 Å². The summed E-state index contributed by atoms with van der Waals surface area (Å²) in [5, 5.41) is 5.07. The number of hydrogen-bond acceptors (Lipinski definition) is 2. The molecule has 13 heavy (non-hydrogen) atoms. The minimum Gasteiger partial charge on any atom is -0.312 e. The van der Waals surface area contributed by atoms with Crippen LogP contribution in [0.25, 0.3) is 0 Å². The van der Waals surface area contributed by atoms with Crippen molar-refractivity contribution in [2.75, 3.05) is 12.3 Å². The Kier molecular flexibility index (Phi) is 3.20. The zero-order valence-electron chi connectivity index (χ0n) is 8.21. The van der Waals surface area contributed by atoms with Gasteiger partial charge >= 0.3 is 0 Å². The molecule has 0 unspecified atom stereocenters. The van der Waals surface area contributed by atoms with E-state index < -0.39 is 0 Å². The fourth-order valence-electron chi connectivity index (χ4n) is 1.64. The van der Waals surface area contributed by atoms with E-state index in [1.165, 1.54) is 16.9 Å². The van der Waals surface area contributed by atoms with Crippen molar-refractivity contribution in [2.45, 2.75) is 19.9 Å². The molecule has 2 heteroatoms. The highest BCUT2D eigenvalue weighted by atomic mass is 32.2. The number of nitrogens with one attached hydrogen (secondary N) is 1. The third-order valence-electron chi connectivity index (χ3n) is 2.64. The van der Waals surface area contributed by atoms with Crippen molar-refractivity contribution in [3.63, 3.8) is 0 Å². The second-order valence-corrected chi connectivity index (χ2v) is 5.02. The molecule has 1 aliphatic heterocycles. The molecule has 1 nitrogen and oxygen atoms in total. The zero-order chi connectivity index (χ0) is 9.26. The van der Waals surface area contributed by atoms with Crippen LogP contribution in [-0.4, -0.2) is 18.3 Å². The van der Waals surface area contributed by atoms with Crippen LogP contribution >= 0.6 is 11.8 Å². The first-order valence-electron chi connectivity index (χ1n) is 4.88. The van der Waals surface area contributed by atoms with Gasteiger partial charge in [0.25, 0.3) is 0 Å². The van der Waals surface area contributed by atoms with Gasteiger partial charge in [0, 0.05) is 29.5 Å². The third-order valence-corrected chi connectivity index (χ3v) is 3.87. The van der Waals surface area contributed by atoms with Crippen molar-refractivity contribution in [3.8, 4) is 0 Å². The monoisotopic (exact) mass is 194 g/mol. The van der Waals surface area contributed by atoms with E-state index in [0.29, 0.717) is 6.04 Å². The average molecular weight is 194 g/mol. The van der Waals surface area contributed by atoms with Crippen molar-refractivity contribution in [2.24, 2.45) is 5.92 Å². The molecule has 0 aromatic rings. The summed E-state index contributed by atoms with van der Waals surface area (Å²) in [6.45, 7) is 5.61. The summed E-state index contributed by atoms with van der Waals surface area (Å²) in [5.74, 6) is 3.40. The summed E-state index contributed by atoms with van der Waals surface area (Å²) in [6, 6.07) is 0.664. The van der Waals surface area contributed by atoms with Crippen LogP contribution in [0.2, 0.25) is 0 Å². The van der Waals surface area contributed by atoms with Crippen LogP contribution in [-0.2, 0) is 0 Å². The molecular formula is C11H16NS. The van der Waals surface area contributed by atoms with Crippen LogP contribution in [0.1, 0.15) is 13.8 Å². The molecule has 0 bridgehead atoms. The van der Waals surface area contributed by atoms with Crippen LogP contribution in [0.15, 0.2) is 0 Å². The summed E-state index contributed by atoms with van der Waals surface area (Å²) < 4.78 is 0. The molecule has 1 aliphatic carbocycles. The lowest BCUT2D eigenvalue weighted by molar-refractivity contribution is 0.446. The highest BCUT2D eigenvalue weighted by molar-refractivity contribution is 8.02. The number of rotatable bonds is 1. The summed E-state index contributed by atoms with van der Waals surface area (Å²) in [7, 11) is 0. The van der Waals surface area contributed by atoms with Crippen molar-refractivity contribution in [1.82, 2.24) is 5.32 Å². The van der Waals surface area contributed by atoms with Gasteiger partial charge in [-0.3, -0.25) is 0 Å². The first-order valence-corrected chi connectivity index (χ1v) is 5.86. The second kappa shape index (κ2) is 4.22. The van der Waals surface area contributed by atoms with E-state index in [4.69, 9.17) is 0 Å². The van der Waals surface area contributed by atoms with Crippen molar-refractivity contribution in [1.29, 1.82) is 0 Å². The van der Waals surface area contributed by atoms with Crippen molar-refractivity contribution >= 4 is 11.8 Å². The molecule has 1 atom stereocenters. The maximum absolute atomic E-state index is 3.60. The van der Waals surface area contributed by atoms with E-state index in [-0.39, 0.29) is 0 Å². The molecule has 71 valence electrons. The standard InChI is InChI=1S/C11H16NS/c1-8(2)10-7-13-11-5-3-4-9(11)6-12-10/h3-5,8,10,12H,6-7H2,1-2H3/t10-/m1/s1. The highest BCUT2D eigenvalue weighted by Gasteiger charge is 2.33. The molecule has 1 heterocycles. The zero-order valence-corrected chi connectivity index (χ0v) is 9.03. The second-order valence-electron chi connectivity index (χ2n) is 3.96. The molecule has 1 saturated heterocycles. The van der Waals surface area contributed by atoms with Crippen molar-refractivity contribution < 1.29 is 0 Å². The first kappa shape index (κ1) is 9.85. The first-order chi connectivity index (χ1) is 6.27. The molecular weight excluding hydrogens is 178 g/mol. The number of thioether (sulfide) groups is 1. The Bertz CT molecular complexity index is 155. The minimum atomic E-state index is 0.664. The van der Waals surface area contributed by atoms with Gasteiger partial charge in [-0.25, -0.2) is 0 Å². The number of hydrogen-bond donors (Lipinski definition) is 1. The van der Waals surface area contributed by atoms with Gasteiger partial charge in [0.05, 0.1) is 0 Å². The summed E-state index contributed by atoms with van der Waals surface area (Å²) in [6.07, 6.45) is 6.59. The molecule has 2 aliphatic rings. The fourth-order valence-corrected chi connectivity index (χ4v) is 3.00. The van der Waals surface area contributed by atoms with Gasteiger partial charge in [0.1, 0.15) is 0 Å². The minimum absolute atomic E-state index is 0.664. The molecule has 2 rings (SSSR count). The Balaban J connectivity index is 1.91. The molecule has 1 saturated carbocycles. The third kappa shape index (κ3) is 2.21. The molecule has 0 spiro atoms. The van der Waals surface area contributed by atoms with Crippen LogP contribution in [0, 0.1) is 36.3 Å². The van der Waals surface area contributed by atoms with Gasteiger partial charge < -0.3 is 5.32 Å². The largest absolute Gasteiger partial charge is 0.312 e. The van der Waals surface area contributed by atoms with E-state index in [9.17, 15) is 0 Å². The lowest BCUT2D eigenvalue weighted by Gasteiger charge is -2.19. The van der Waals surface area contributed by atoms with E-state index in [0.717, 1.165) is 12.5 Å². The smallest absolute Gasteiger partial charge is 0.0428 e. The summed E-state index contributed by atoms with van der Waals surface area (Å²) in [4.78, 5) is 0.